The summed E-state index contributed by atoms with van der Waals surface area (Å²) in [4.78, 5) is 39.8. The van der Waals surface area contributed by atoms with Gasteiger partial charge in [0.25, 0.3) is 0 Å². The molecule has 0 aromatic heterocycles. The second-order valence-corrected chi connectivity index (χ2v) is 10.2. The minimum absolute atomic E-state index is 0.0228. The highest BCUT2D eigenvalue weighted by Crippen LogP contribution is 2.56. The predicted octanol–water partition coefficient (Wildman–Crippen LogP) is 6.19. The summed E-state index contributed by atoms with van der Waals surface area (Å²) in [5.41, 5.74) is 2.05. The zero-order valence-corrected chi connectivity index (χ0v) is 19.4. The maximum Gasteiger partial charge on any atom is 0.157 e. The standard InChI is InChI=1S/C26H38O3/c1-17(2)9-8-10-19(5)11-12-20-23(28)26(15-13-18(3)4)16-14-21(27)22(24(26)29)25(20,6)7/h9,11,13,20,22H,8,10,12,14-16H2,1-7H3/b19-11+/t20-,22+,26+/m1/s1. The van der Waals surface area contributed by atoms with Crippen molar-refractivity contribution in [3.8, 4) is 0 Å². The fraction of sp³-hybridized carbons (Fsp3) is 0.654. The van der Waals surface area contributed by atoms with Gasteiger partial charge in [-0.1, -0.05) is 48.8 Å². The van der Waals surface area contributed by atoms with E-state index in [1.54, 1.807) is 0 Å². The number of carbonyl (C=O) groups is 3. The maximum absolute atomic E-state index is 13.7. The number of allylic oxidation sites excluding steroid dienone is 6. The Bertz CT molecular complexity index is 770. The first-order valence-electron chi connectivity index (χ1n) is 11.0. The number of Topliss-reactive ketones (excluding diaryl/α,β-unsaturated/α-hetero) is 3. The summed E-state index contributed by atoms with van der Waals surface area (Å²) in [5.74, 6) is -0.985. The molecule has 0 amide bonds. The Balaban J connectivity index is 2.35. The summed E-state index contributed by atoms with van der Waals surface area (Å²) < 4.78 is 0. The van der Waals surface area contributed by atoms with Crippen molar-refractivity contribution in [3.63, 3.8) is 0 Å². The molecular weight excluding hydrogens is 360 g/mol. The monoisotopic (exact) mass is 398 g/mol. The van der Waals surface area contributed by atoms with E-state index in [1.165, 1.54) is 11.1 Å². The molecular formula is C26H38O3. The molecule has 0 aromatic rings. The van der Waals surface area contributed by atoms with E-state index in [1.807, 2.05) is 33.8 Å². The van der Waals surface area contributed by atoms with Crippen molar-refractivity contribution in [1.29, 1.82) is 0 Å². The van der Waals surface area contributed by atoms with Crippen molar-refractivity contribution < 1.29 is 14.4 Å². The minimum atomic E-state index is -1.00. The smallest absolute Gasteiger partial charge is 0.157 e. The Labute approximate surface area is 176 Å². The maximum atomic E-state index is 13.7. The van der Waals surface area contributed by atoms with Gasteiger partial charge in [0.05, 0.1) is 11.3 Å². The Kier molecular flexibility index (Phi) is 7.24. The first kappa shape index (κ1) is 23.5. The van der Waals surface area contributed by atoms with Crippen molar-refractivity contribution in [2.75, 3.05) is 0 Å². The van der Waals surface area contributed by atoms with Crippen LogP contribution in [0.5, 0.6) is 0 Å². The Morgan fingerprint density at radius 2 is 1.55 bits per heavy atom. The molecule has 29 heavy (non-hydrogen) atoms. The van der Waals surface area contributed by atoms with Crippen LogP contribution in [0.1, 0.15) is 87.0 Å². The van der Waals surface area contributed by atoms with Gasteiger partial charge in [0.15, 0.2) is 11.6 Å². The molecule has 3 heteroatoms. The van der Waals surface area contributed by atoms with Crippen molar-refractivity contribution in [1.82, 2.24) is 0 Å². The molecule has 2 saturated carbocycles. The topological polar surface area (TPSA) is 51.2 Å². The molecule has 2 bridgehead atoms. The Morgan fingerprint density at radius 1 is 0.931 bits per heavy atom. The fourth-order valence-corrected chi connectivity index (χ4v) is 5.00. The normalized spacial score (nSPS) is 28.9. The average molecular weight is 399 g/mol. The van der Waals surface area contributed by atoms with E-state index >= 15 is 0 Å². The lowest BCUT2D eigenvalue weighted by Gasteiger charge is -2.52. The zero-order chi connectivity index (χ0) is 22.0. The Hall–Kier alpha value is -1.77. The fourth-order valence-electron chi connectivity index (χ4n) is 5.00. The third kappa shape index (κ3) is 4.70. The Morgan fingerprint density at radius 3 is 2.14 bits per heavy atom. The van der Waals surface area contributed by atoms with Crippen molar-refractivity contribution in [3.05, 3.63) is 34.9 Å². The van der Waals surface area contributed by atoms with Crippen LogP contribution in [0, 0.1) is 22.7 Å². The van der Waals surface area contributed by atoms with Crippen LogP contribution < -0.4 is 0 Å². The number of fused-ring (bicyclic) bond motifs is 2. The zero-order valence-electron chi connectivity index (χ0n) is 19.4. The molecule has 0 unspecified atom stereocenters. The number of carbonyl (C=O) groups excluding carboxylic acids is 3. The highest BCUT2D eigenvalue weighted by molar-refractivity contribution is 6.20. The van der Waals surface area contributed by atoms with E-state index in [4.69, 9.17) is 0 Å². The molecule has 0 N–H and O–H groups in total. The molecule has 0 heterocycles. The lowest BCUT2D eigenvalue weighted by Crippen LogP contribution is -2.63. The quantitative estimate of drug-likeness (QED) is 0.380. The second kappa shape index (κ2) is 8.93. The van der Waals surface area contributed by atoms with E-state index in [-0.39, 0.29) is 23.3 Å². The van der Waals surface area contributed by atoms with E-state index in [0.29, 0.717) is 25.7 Å². The van der Waals surface area contributed by atoms with Gasteiger partial charge in [0.2, 0.25) is 0 Å². The van der Waals surface area contributed by atoms with Gasteiger partial charge < -0.3 is 0 Å². The van der Waals surface area contributed by atoms with Crippen LogP contribution in [-0.4, -0.2) is 17.3 Å². The largest absolute Gasteiger partial charge is 0.299 e. The van der Waals surface area contributed by atoms with Gasteiger partial charge in [-0.05, 0) is 72.1 Å². The summed E-state index contributed by atoms with van der Waals surface area (Å²) >= 11 is 0. The van der Waals surface area contributed by atoms with Gasteiger partial charge in [0.1, 0.15) is 5.78 Å². The summed E-state index contributed by atoms with van der Waals surface area (Å²) in [5, 5.41) is 0. The molecule has 0 aromatic carbocycles. The first-order valence-corrected chi connectivity index (χ1v) is 11.0. The van der Waals surface area contributed by atoms with Gasteiger partial charge >= 0.3 is 0 Å². The number of hydrogen-bond acceptors (Lipinski definition) is 3. The van der Waals surface area contributed by atoms with Crippen molar-refractivity contribution >= 4 is 17.3 Å². The van der Waals surface area contributed by atoms with Crippen LogP contribution in [0.25, 0.3) is 0 Å². The van der Waals surface area contributed by atoms with Crippen molar-refractivity contribution in [2.45, 2.75) is 87.0 Å². The van der Waals surface area contributed by atoms with Crippen molar-refractivity contribution in [2.24, 2.45) is 22.7 Å². The molecule has 2 rings (SSSR count). The molecule has 3 nitrogen and oxygen atoms in total. The van der Waals surface area contributed by atoms with Gasteiger partial charge in [-0.3, -0.25) is 14.4 Å². The molecule has 0 saturated heterocycles. The SMILES string of the molecule is CC(C)=CCC/C(C)=C/C[C@@H]1C(=O)[C@]2(CC=C(C)C)CCC(=O)[C@@H](C2=O)C1(C)C. The third-order valence-electron chi connectivity index (χ3n) is 6.94. The van der Waals surface area contributed by atoms with Gasteiger partial charge in [-0.25, -0.2) is 0 Å². The molecule has 160 valence electrons. The molecule has 2 fully saturated rings. The molecule has 0 spiro atoms. The molecule has 0 radical (unpaired) electrons. The van der Waals surface area contributed by atoms with Gasteiger partial charge in [-0.2, -0.15) is 0 Å². The second-order valence-electron chi connectivity index (χ2n) is 10.2. The third-order valence-corrected chi connectivity index (χ3v) is 6.94. The minimum Gasteiger partial charge on any atom is -0.299 e. The molecule has 2 aliphatic carbocycles. The van der Waals surface area contributed by atoms with E-state index in [0.717, 1.165) is 18.4 Å². The van der Waals surface area contributed by atoms with Crippen LogP contribution in [0.3, 0.4) is 0 Å². The van der Waals surface area contributed by atoms with E-state index < -0.39 is 16.7 Å². The van der Waals surface area contributed by atoms with Crippen LogP contribution in [0.15, 0.2) is 34.9 Å². The summed E-state index contributed by atoms with van der Waals surface area (Å²) in [6, 6.07) is 0. The molecule has 0 aliphatic heterocycles. The van der Waals surface area contributed by atoms with Crippen LogP contribution in [-0.2, 0) is 14.4 Å². The van der Waals surface area contributed by atoms with Crippen LogP contribution in [0.4, 0.5) is 0 Å². The molecule has 2 aliphatic rings. The van der Waals surface area contributed by atoms with Crippen LogP contribution >= 0.6 is 0 Å². The average Bonchev–Trinajstić information content (AvgIpc) is 2.59. The van der Waals surface area contributed by atoms with Gasteiger partial charge in [-0.15, -0.1) is 0 Å². The van der Waals surface area contributed by atoms with Gasteiger partial charge in [0, 0.05) is 12.3 Å². The predicted molar refractivity (Wildman–Crippen MR) is 119 cm³/mol. The summed E-state index contributed by atoms with van der Waals surface area (Å²) in [6.45, 7) is 14.2. The number of rotatable bonds is 7. The highest BCUT2D eigenvalue weighted by Gasteiger charge is 2.64. The van der Waals surface area contributed by atoms with E-state index in [2.05, 4.69) is 32.9 Å². The summed E-state index contributed by atoms with van der Waals surface area (Å²) in [6.07, 6.45) is 10.1. The highest BCUT2D eigenvalue weighted by atomic mass is 16.2. The number of hydrogen-bond donors (Lipinski definition) is 0. The lowest BCUT2D eigenvalue weighted by atomic mass is 9.47. The summed E-state index contributed by atoms with van der Waals surface area (Å²) in [7, 11) is 0. The van der Waals surface area contributed by atoms with Crippen LogP contribution in [0.2, 0.25) is 0 Å². The first-order chi connectivity index (χ1) is 13.4. The molecule has 3 atom stereocenters. The lowest BCUT2D eigenvalue weighted by molar-refractivity contribution is -0.168. The van der Waals surface area contributed by atoms with E-state index in [9.17, 15) is 14.4 Å². The number of ketones is 3.